The standard InChI is InChI=1S/C14H15N3O/c1-9-5-10(2)14(17-8-9)12(18)6-11-3-4-16-13(15)7-11/h3-5,7-8H,6H2,1-2H3,(H2,15,16). The number of aryl methyl sites for hydroxylation is 2. The van der Waals surface area contributed by atoms with Gasteiger partial charge in [-0.3, -0.25) is 9.78 Å². The maximum atomic E-state index is 12.1. The molecule has 0 bridgehead atoms. The third kappa shape index (κ3) is 2.71. The number of ketones is 1. The summed E-state index contributed by atoms with van der Waals surface area (Å²) in [5, 5.41) is 0. The third-order valence-electron chi connectivity index (χ3n) is 2.69. The van der Waals surface area contributed by atoms with Crippen LogP contribution in [0.5, 0.6) is 0 Å². The van der Waals surface area contributed by atoms with E-state index in [1.54, 1.807) is 24.5 Å². The van der Waals surface area contributed by atoms with Crippen molar-refractivity contribution in [3.8, 4) is 0 Å². The van der Waals surface area contributed by atoms with Gasteiger partial charge >= 0.3 is 0 Å². The van der Waals surface area contributed by atoms with Crippen LogP contribution in [0.25, 0.3) is 0 Å². The van der Waals surface area contributed by atoms with Gasteiger partial charge in [0.2, 0.25) is 0 Å². The lowest BCUT2D eigenvalue weighted by Gasteiger charge is -2.05. The van der Waals surface area contributed by atoms with Gasteiger partial charge in [-0.15, -0.1) is 0 Å². The van der Waals surface area contributed by atoms with E-state index in [0.717, 1.165) is 16.7 Å². The molecule has 4 heteroatoms. The molecule has 0 amide bonds. The molecular weight excluding hydrogens is 226 g/mol. The number of carbonyl (C=O) groups excluding carboxylic acids is 1. The predicted molar refractivity (Wildman–Crippen MR) is 70.4 cm³/mol. The molecule has 0 fully saturated rings. The van der Waals surface area contributed by atoms with Crippen molar-refractivity contribution in [3.05, 3.63) is 53.0 Å². The molecule has 0 aromatic carbocycles. The second-order valence-corrected chi connectivity index (χ2v) is 4.37. The zero-order valence-corrected chi connectivity index (χ0v) is 10.5. The minimum absolute atomic E-state index is 0.00176. The van der Waals surface area contributed by atoms with Crippen molar-refractivity contribution in [2.75, 3.05) is 5.73 Å². The molecule has 92 valence electrons. The highest BCUT2D eigenvalue weighted by Crippen LogP contribution is 2.12. The Kier molecular flexibility index (Phi) is 3.37. The highest BCUT2D eigenvalue weighted by Gasteiger charge is 2.11. The Morgan fingerprint density at radius 2 is 2.06 bits per heavy atom. The predicted octanol–water partition coefficient (Wildman–Crippen LogP) is 2.10. The van der Waals surface area contributed by atoms with Gasteiger partial charge in [-0.25, -0.2) is 4.98 Å². The van der Waals surface area contributed by atoms with E-state index in [9.17, 15) is 4.79 Å². The van der Waals surface area contributed by atoms with Crippen molar-refractivity contribution in [1.29, 1.82) is 0 Å². The first-order chi connectivity index (χ1) is 8.56. The summed E-state index contributed by atoms with van der Waals surface area (Å²) in [7, 11) is 0. The van der Waals surface area contributed by atoms with Crippen LogP contribution < -0.4 is 5.73 Å². The molecule has 2 aromatic rings. The summed E-state index contributed by atoms with van der Waals surface area (Å²) in [5.41, 5.74) is 8.92. The number of aromatic nitrogens is 2. The van der Waals surface area contributed by atoms with Crippen molar-refractivity contribution in [1.82, 2.24) is 9.97 Å². The second kappa shape index (κ2) is 4.96. The van der Waals surface area contributed by atoms with Crippen LogP contribution in [0.4, 0.5) is 5.82 Å². The van der Waals surface area contributed by atoms with Gasteiger partial charge in [-0.2, -0.15) is 0 Å². The van der Waals surface area contributed by atoms with E-state index in [1.165, 1.54) is 0 Å². The zero-order valence-electron chi connectivity index (χ0n) is 10.5. The molecule has 0 aliphatic heterocycles. The fourth-order valence-corrected chi connectivity index (χ4v) is 1.88. The first-order valence-corrected chi connectivity index (χ1v) is 5.73. The van der Waals surface area contributed by atoms with E-state index >= 15 is 0 Å². The largest absolute Gasteiger partial charge is 0.384 e. The van der Waals surface area contributed by atoms with Gasteiger partial charge in [0.15, 0.2) is 5.78 Å². The Morgan fingerprint density at radius 3 is 2.72 bits per heavy atom. The maximum absolute atomic E-state index is 12.1. The molecule has 0 atom stereocenters. The lowest BCUT2D eigenvalue weighted by atomic mass is 10.0. The number of nitrogen functional groups attached to an aromatic ring is 1. The Balaban J connectivity index is 2.22. The monoisotopic (exact) mass is 241 g/mol. The summed E-state index contributed by atoms with van der Waals surface area (Å²) in [6, 6.07) is 5.46. The molecule has 2 heterocycles. The number of rotatable bonds is 3. The van der Waals surface area contributed by atoms with Crippen LogP contribution in [0.1, 0.15) is 27.2 Å². The van der Waals surface area contributed by atoms with E-state index in [0.29, 0.717) is 17.9 Å². The average molecular weight is 241 g/mol. The smallest absolute Gasteiger partial charge is 0.185 e. The lowest BCUT2D eigenvalue weighted by Crippen LogP contribution is -2.09. The van der Waals surface area contributed by atoms with E-state index in [4.69, 9.17) is 5.73 Å². The van der Waals surface area contributed by atoms with Gasteiger partial charge in [0.25, 0.3) is 0 Å². The first kappa shape index (κ1) is 12.2. The zero-order chi connectivity index (χ0) is 13.1. The first-order valence-electron chi connectivity index (χ1n) is 5.73. The van der Waals surface area contributed by atoms with Gasteiger partial charge in [-0.05, 0) is 42.7 Å². The molecule has 2 N–H and O–H groups in total. The third-order valence-corrected chi connectivity index (χ3v) is 2.69. The number of carbonyl (C=O) groups is 1. The molecular formula is C14H15N3O. The molecule has 0 aliphatic rings. The topological polar surface area (TPSA) is 68.9 Å². The van der Waals surface area contributed by atoms with Gasteiger partial charge in [0.05, 0.1) is 0 Å². The molecule has 2 aromatic heterocycles. The fraction of sp³-hybridized carbons (Fsp3) is 0.214. The average Bonchev–Trinajstić information content (AvgIpc) is 2.28. The molecule has 0 aliphatic carbocycles. The minimum Gasteiger partial charge on any atom is -0.384 e. The Labute approximate surface area is 106 Å². The van der Waals surface area contributed by atoms with Crippen molar-refractivity contribution >= 4 is 11.6 Å². The van der Waals surface area contributed by atoms with Crippen molar-refractivity contribution in [2.45, 2.75) is 20.3 Å². The normalized spacial score (nSPS) is 10.3. The van der Waals surface area contributed by atoms with Crippen LogP contribution in [-0.4, -0.2) is 15.8 Å². The van der Waals surface area contributed by atoms with Crippen LogP contribution in [0.3, 0.4) is 0 Å². The summed E-state index contributed by atoms with van der Waals surface area (Å²) < 4.78 is 0. The highest BCUT2D eigenvalue weighted by molar-refractivity contribution is 5.97. The maximum Gasteiger partial charge on any atom is 0.185 e. The van der Waals surface area contributed by atoms with Crippen LogP contribution in [0.2, 0.25) is 0 Å². The molecule has 0 saturated carbocycles. The molecule has 0 unspecified atom stereocenters. The van der Waals surface area contributed by atoms with Crippen LogP contribution in [0.15, 0.2) is 30.6 Å². The Morgan fingerprint density at radius 1 is 1.28 bits per heavy atom. The molecule has 18 heavy (non-hydrogen) atoms. The van der Waals surface area contributed by atoms with Crippen molar-refractivity contribution < 1.29 is 4.79 Å². The van der Waals surface area contributed by atoms with Crippen LogP contribution in [0, 0.1) is 13.8 Å². The lowest BCUT2D eigenvalue weighted by molar-refractivity contribution is 0.0987. The van der Waals surface area contributed by atoms with E-state index in [2.05, 4.69) is 9.97 Å². The number of nitrogens with two attached hydrogens (primary N) is 1. The Hall–Kier alpha value is -2.23. The van der Waals surface area contributed by atoms with Crippen molar-refractivity contribution in [3.63, 3.8) is 0 Å². The van der Waals surface area contributed by atoms with Crippen LogP contribution in [-0.2, 0) is 6.42 Å². The minimum atomic E-state index is -0.00176. The summed E-state index contributed by atoms with van der Waals surface area (Å²) in [5.74, 6) is 0.423. The number of hydrogen-bond acceptors (Lipinski definition) is 4. The molecule has 0 radical (unpaired) electrons. The number of hydrogen-bond donors (Lipinski definition) is 1. The van der Waals surface area contributed by atoms with Gasteiger partial charge in [0, 0.05) is 18.8 Å². The molecule has 0 saturated heterocycles. The number of nitrogens with zero attached hydrogens (tertiary/aromatic N) is 2. The summed E-state index contributed by atoms with van der Waals surface area (Å²) in [6.45, 7) is 3.85. The van der Waals surface area contributed by atoms with Gasteiger partial charge in [-0.1, -0.05) is 6.07 Å². The second-order valence-electron chi connectivity index (χ2n) is 4.37. The van der Waals surface area contributed by atoms with Crippen LogP contribution >= 0.6 is 0 Å². The number of Topliss-reactive ketones (excluding diaryl/α,β-unsaturated/α-hetero) is 1. The summed E-state index contributed by atoms with van der Waals surface area (Å²) in [6.07, 6.45) is 3.61. The number of pyridine rings is 2. The molecule has 4 nitrogen and oxygen atoms in total. The van der Waals surface area contributed by atoms with E-state index in [-0.39, 0.29) is 5.78 Å². The molecule has 0 spiro atoms. The van der Waals surface area contributed by atoms with Crippen molar-refractivity contribution in [2.24, 2.45) is 0 Å². The fourth-order valence-electron chi connectivity index (χ4n) is 1.88. The van der Waals surface area contributed by atoms with Gasteiger partial charge < -0.3 is 5.73 Å². The molecule has 2 rings (SSSR count). The summed E-state index contributed by atoms with van der Waals surface area (Å²) >= 11 is 0. The SMILES string of the molecule is Cc1cnc(C(=O)Cc2ccnc(N)c2)c(C)c1. The quantitative estimate of drug-likeness (QED) is 0.835. The highest BCUT2D eigenvalue weighted by atomic mass is 16.1. The van der Waals surface area contributed by atoms with Gasteiger partial charge in [0.1, 0.15) is 11.5 Å². The number of anilines is 1. The Bertz CT molecular complexity index is 593. The van der Waals surface area contributed by atoms with E-state index in [1.807, 2.05) is 19.9 Å². The summed E-state index contributed by atoms with van der Waals surface area (Å²) in [4.78, 5) is 20.2. The van der Waals surface area contributed by atoms with E-state index < -0.39 is 0 Å².